The molecule has 0 aliphatic heterocycles. The van der Waals surface area contributed by atoms with Gasteiger partial charge < -0.3 is 5.73 Å². The topological polar surface area (TPSA) is 72.2 Å². The van der Waals surface area contributed by atoms with E-state index in [0.29, 0.717) is 17.8 Å². The van der Waals surface area contributed by atoms with Crippen LogP contribution in [-0.2, 0) is 16.6 Å². The third kappa shape index (κ3) is 3.45. The van der Waals surface area contributed by atoms with Gasteiger partial charge in [-0.15, -0.1) is 0 Å². The highest BCUT2D eigenvalue weighted by molar-refractivity contribution is 9.10. The molecule has 0 heterocycles. The second kappa shape index (κ2) is 6.17. The van der Waals surface area contributed by atoms with Gasteiger partial charge in [0.2, 0.25) is 0 Å². The molecular formula is C15H17BrN2O2S. The van der Waals surface area contributed by atoms with Crippen LogP contribution in [0.15, 0.2) is 45.8 Å². The van der Waals surface area contributed by atoms with Gasteiger partial charge in [0.15, 0.2) is 0 Å². The van der Waals surface area contributed by atoms with Crippen molar-refractivity contribution in [1.82, 2.24) is 0 Å². The Hall–Kier alpha value is -1.37. The van der Waals surface area contributed by atoms with Gasteiger partial charge in [0, 0.05) is 11.0 Å². The van der Waals surface area contributed by atoms with Gasteiger partial charge in [-0.2, -0.15) is 0 Å². The molecule has 0 atom stereocenters. The first-order valence-electron chi connectivity index (χ1n) is 6.42. The third-order valence-corrected chi connectivity index (χ3v) is 5.77. The lowest BCUT2D eigenvalue weighted by Gasteiger charge is -2.13. The van der Waals surface area contributed by atoms with E-state index in [1.165, 1.54) is 0 Å². The van der Waals surface area contributed by atoms with E-state index in [-0.39, 0.29) is 4.90 Å². The van der Waals surface area contributed by atoms with Crippen molar-refractivity contribution in [3.8, 4) is 0 Å². The van der Waals surface area contributed by atoms with Crippen molar-refractivity contribution < 1.29 is 8.42 Å². The van der Waals surface area contributed by atoms with Crippen molar-refractivity contribution in [1.29, 1.82) is 0 Å². The number of aryl methyl sites for hydroxylation is 2. The third-order valence-electron chi connectivity index (χ3n) is 3.21. The highest BCUT2D eigenvalue weighted by Gasteiger charge is 2.18. The molecule has 2 rings (SSSR count). The standard InChI is InChI=1S/C15H17BrN2O2S/c1-10-6-7-12(9-17)8-14(10)21(19,20)18-13-5-3-4-11(2)15(13)16/h3-8,18H,9,17H2,1-2H3. The summed E-state index contributed by atoms with van der Waals surface area (Å²) in [7, 11) is -3.65. The van der Waals surface area contributed by atoms with Gasteiger partial charge in [-0.3, -0.25) is 4.72 Å². The van der Waals surface area contributed by atoms with Crippen LogP contribution in [0.4, 0.5) is 5.69 Å². The second-order valence-corrected chi connectivity index (χ2v) is 7.29. The molecule has 0 radical (unpaired) electrons. The lowest BCUT2D eigenvalue weighted by atomic mass is 10.1. The fourth-order valence-electron chi connectivity index (χ4n) is 1.99. The maximum Gasteiger partial charge on any atom is 0.262 e. The number of hydrogen-bond acceptors (Lipinski definition) is 3. The fourth-order valence-corrected chi connectivity index (χ4v) is 3.85. The first-order chi connectivity index (χ1) is 9.85. The van der Waals surface area contributed by atoms with Gasteiger partial charge in [-0.25, -0.2) is 8.42 Å². The highest BCUT2D eigenvalue weighted by Crippen LogP contribution is 2.28. The average Bonchev–Trinajstić information content (AvgIpc) is 2.44. The summed E-state index contributed by atoms with van der Waals surface area (Å²) in [6, 6.07) is 10.6. The number of nitrogens with two attached hydrogens (primary N) is 1. The normalized spacial score (nSPS) is 11.4. The van der Waals surface area contributed by atoms with Crippen molar-refractivity contribution in [3.63, 3.8) is 0 Å². The summed E-state index contributed by atoms with van der Waals surface area (Å²) in [4.78, 5) is 0.249. The largest absolute Gasteiger partial charge is 0.326 e. The smallest absolute Gasteiger partial charge is 0.262 e. The molecule has 4 nitrogen and oxygen atoms in total. The van der Waals surface area contributed by atoms with Crippen LogP contribution in [0.25, 0.3) is 0 Å². The van der Waals surface area contributed by atoms with Gasteiger partial charge in [0.05, 0.1) is 10.6 Å². The molecule has 6 heteroatoms. The molecule has 2 aromatic rings. The molecule has 0 saturated carbocycles. The lowest BCUT2D eigenvalue weighted by molar-refractivity contribution is 0.600. The second-order valence-electron chi connectivity index (χ2n) is 4.85. The minimum Gasteiger partial charge on any atom is -0.326 e. The Balaban J connectivity index is 2.46. The van der Waals surface area contributed by atoms with E-state index >= 15 is 0 Å². The van der Waals surface area contributed by atoms with Crippen molar-refractivity contribution in [2.45, 2.75) is 25.3 Å². The molecule has 0 aliphatic carbocycles. The predicted molar refractivity (Wildman–Crippen MR) is 88.8 cm³/mol. The molecule has 2 aromatic carbocycles. The quantitative estimate of drug-likeness (QED) is 0.869. The summed E-state index contributed by atoms with van der Waals surface area (Å²) in [5.41, 5.74) is 8.53. The first kappa shape index (κ1) is 16.0. The maximum atomic E-state index is 12.6. The predicted octanol–water partition coefficient (Wildman–Crippen LogP) is 3.33. The van der Waals surface area contributed by atoms with Gasteiger partial charge >= 0.3 is 0 Å². The summed E-state index contributed by atoms with van der Waals surface area (Å²) >= 11 is 3.41. The Kier molecular flexibility index (Phi) is 4.70. The first-order valence-corrected chi connectivity index (χ1v) is 8.70. The highest BCUT2D eigenvalue weighted by atomic mass is 79.9. The summed E-state index contributed by atoms with van der Waals surface area (Å²) in [5, 5.41) is 0. The SMILES string of the molecule is Cc1ccc(CN)cc1S(=O)(=O)Nc1cccc(C)c1Br. The number of nitrogens with one attached hydrogen (secondary N) is 1. The Morgan fingerprint density at radius 3 is 2.52 bits per heavy atom. The van der Waals surface area contributed by atoms with Gasteiger partial charge in [-0.1, -0.05) is 24.3 Å². The Morgan fingerprint density at radius 1 is 1.14 bits per heavy atom. The van der Waals surface area contributed by atoms with Crippen LogP contribution in [0.3, 0.4) is 0 Å². The van der Waals surface area contributed by atoms with Crippen LogP contribution in [-0.4, -0.2) is 8.42 Å². The van der Waals surface area contributed by atoms with Crippen LogP contribution in [0.5, 0.6) is 0 Å². The Morgan fingerprint density at radius 2 is 1.86 bits per heavy atom. The molecule has 21 heavy (non-hydrogen) atoms. The van der Waals surface area contributed by atoms with Crippen molar-refractivity contribution >= 4 is 31.6 Å². The molecule has 0 fully saturated rings. The molecule has 0 bridgehead atoms. The average molecular weight is 369 g/mol. The maximum absolute atomic E-state index is 12.6. The molecule has 112 valence electrons. The van der Waals surface area contributed by atoms with E-state index in [9.17, 15) is 8.42 Å². The minimum atomic E-state index is -3.65. The number of anilines is 1. The van der Waals surface area contributed by atoms with Crippen molar-refractivity contribution in [2.24, 2.45) is 5.73 Å². The van der Waals surface area contributed by atoms with Crippen LogP contribution < -0.4 is 10.5 Å². The van der Waals surface area contributed by atoms with Crippen molar-refractivity contribution in [3.05, 3.63) is 57.6 Å². The number of sulfonamides is 1. The Bertz CT molecular complexity index is 773. The molecule has 0 aromatic heterocycles. The van der Waals surface area contributed by atoms with E-state index in [1.54, 1.807) is 31.2 Å². The number of benzene rings is 2. The zero-order chi connectivity index (χ0) is 15.6. The Labute approximate surface area is 133 Å². The number of rotatable bonds is 4. The van der Waals surface area contributed by atoms with Gasteiger partial charge in [-0.05, 0) is 58.6 Å². The molecular weight excluding hydrogens is 352 g/mol. The monoisotopic (exact) mass is 368 g/mol. The van der Waals surface area contributed by atoms with Gasteiger partial charge in [0.25, 0.3) is 10.0 Å². The van der Waals surface area contributed by atoms with E-state index in [4.69, 9.17) is 5.73 Å². The van der Waals surface area contributed by atoms with Gasteiger partial charge in [0.1, 0.15) is 0 Å². The lowest BCUT2D eigenvalue weighted by Crippen LogP contribution is -2.15. The van der Waals surface area contributed by atoms with Crippen LogP contribution >= 0.6 is 15.9 Å². The zero-order valence-electron chi connectivity index (χ0n) is 11.9. The molecule has 3 N–H and O–H groups in total. The number of hydrogen-bond donors (Lipinski definition) is 2. The summed E-state index contributed by atoms with van der Waals surface area (Å²) in [6.07, 6.45) is 0. The van der Waals surface area contributed by atoms with Crippen LogP contribution in [0.1, 0.15) is 16.7 Å². The zero-order valence-corrected chi connectivity index (χ0v) is 14.3. The molecule has 0 spiro atoms. The molecule has 0 amide bonds. The van der Waals surface area contributed by atoms with E-state index < -0.39 is 10.0 Å². The van der Waals surface area contributed by atoms with Crippen molar-refractivity contribution in [2.75, 3.05) is 4.72 Å². The van der Waals surface area contributed by atoms with E-state index in [1.807, 2.05) is 19.1 Å². The van der Waals surface area contributed by atoms with Crippen LogP contribution in [0.2, 0.25) is 0 Å². The van der Waals surface area contributed by atoms with E-state index in [2.05, 4.69) is 20.7 Å². The fraction of sp³-hybridized carbons (Fsp3) is 0.200. The summed E-state index contributed by atoms with van der Waals surface area (Å²) < 4.78 is 28.5. The minimum absolute atomic E-state index is 0.249. The molecule has 0 unspecified atom stereocenters. The molecule has 0 saturated heterocycles. The van der Waals surface area contributed by atoms with Crippen LogP contribution in [0, 0.1) is 13.8 Å². The summed E-state index contributed by atoms with van der Waals surface area (Å²) in [5.74, 6) is 0. The number of halogens is 1. The molecule has 0 aliphatic rings. The summed E-state index contributed by atoms with van der Waals surface area (Å²) in [6.45, 7) is 3.97. The van der Waals surface area contributed by atoms with E-state index in [0.717, 1.165) is 15.6 Å².